The molecule has 0 bridgehead atoms. The molecule has 1 aromatic heterocycles. The molecule has 2 fully saturated rings. The van der Waals surface area contributed by atoms with Crippen LogP contribution in [-0.4, -0.2) is 46.7 Å². The minimum absolute atomic E-state index is 0.194. The Labute approximate surface area is 217 Å². The third-order valence-corrected chi connectivity index (χ3v) is 7.90. The van der Waals surface area contributed by atoms with Crippen LogP contribution in [0, 0.1) is 18.7 Å². The number of nitrogens with two attached hydrogens (primary N) is 1. The summed E-state index contributed by atoms with van der Waals surface area (Å²) < 4.78 is 24.4. The van der Waals surface area contributed by atoms with Gasteiger partial charge in [0.2, 0.25) is 17.6 Å². The first-order chi connectivity index (χ1) is 18.0. The van der Waals surface area contributed by atoms with Gasteiger partial charge >= 0.3 is 0 Å². The SMILES string of the molecule is Cc1nc(-c2cccc(C(N)=O)c2C2CCC(CCN3CCC(Oc4ccc(F)cc4)CC3)CC2)no1. The summed E-state index contributed by atoms with van der Waals surface area (Å²) in [5.41, 5.74) is 8.14. The standard InChI is InChI=1S/C29H35FN4O3/c1-19-32-29(33-37-19)26-4-2-3-25(28(31)35)27(26)21-7-5-20(6-8-21)13-16-34-17-14-24(15-18-34)36-23-11-9-22(30)10-12-23/h2-4,9-12,20-21,24H,5-8,13-18H2,1H3,(H2,31,35). The number of nitrogens with zero attached hydrogens (tertiary/aromatic N) is 3. The van der Waals surface area contributed by atoms with Crippen LogP contribution in [0.2, 0.25) is 0 Å². The molecule has 196 valence electrons. The number of primary amides is 1. The zero-order valence-electron chi connectivity index (χ0n) is 21.4. The lowest BCUT2D eigenvalue weighted by molar-refractivity contribution is 0.0951. The molecular weight excluding hydrogens is 471 g/mol. The molecule has 7 nitrogen and oxygen atoms in total. The van der Waals surface area contributed by atoms with E-state index in [1.165, 1.54) is 18.6 Å². The number of likely N-dealkylation sites (tertiary alicyclic amines) is 1. The maximum Gasteiger partial charge on any atom is 0.249 e. The van der Waals surface area contributed by atoms with Crippen LogP contribution >= 0.6 is 0 Å². The Morgan fingerprint density at radius 2 is 1.81 bits per heavy atom. The summed E-state index contributed by atoms with van der Waals surface area (Å²) in [6, 6.07) is 11.9. The Balaban J connectivity index is 1.12. The van der Waals surface area contributed by atoms with E-state index in [1.807, 2.05) is 18.2 Å². The molecule has 2 aromatic carbocycles. The smallest absolute Gasteiger partial charge is 0.249 e. The summed E-state index contributed by atoms with van der Waals surface area (Å²) in [6.07, 6.45) is 7.67. The first-order valence-electron chi connectivity index (χ1n) is 13.3. The Morgan fingerprint density at radius 3 is 2.46 bits per heavy atom. The first-order valence-corrected chi connectivity index (χ1v) is 13.3. The van der Waals surface area contributed by atoms with Gasteiger partial charge in [-0.1, -0.05) is 17.3 Å². The molecule has 8 heteroatoms. The van der Waals surface area contributed by atoms with E-state index in [-0.39, 0.29) is 17.8 Å². The maximum absolute atomic E-state index is 13.1. The summed E-state index contributed by atoms with van der Waals surface area (Å²) in [7, 11) is 0. The van der Waals surface area contributed by atoms with Crippen molar-refractivity contribution in [2.24, 2.45) is 11.7 Å². The van der Waals surface area contributed by atoms with Crippen LogP contribution in [0.1, 0.15) is 72.7 Å². The van der Waals surface area contributed by atoms with Crippen molar-refractivity contribution < 1.29 is 18.4 Å². The van der Waals surface area contributed by atoms with E-state index in [2.05, 4.69) is 15.0 Å². The molecule has 1 saturated heterocycles. The third-order valence-electron chi connectivity index (χ3n) is 7.90. The van der Waals surface area contributed by atoms with E-state index in [1.54, 1.807) is 19.1 Å². The molecule has 0 atom stereocenters. The van der Waals surface area contributed by atoms with E-state index < -0.39 is 5.91 Å². The van der Waals surface area contributed by atoms with Crippen LogP contribution < -0.4 is 10.5 Å². The topological polar surface area (TPSA) is 94.5 Å². The average Bonchev–Trinajstić information content (AvgIpc) is 3.35. The van der Waals surface area contributed by atoms with Gasteiger partial charge < -0.3 is 19.9 Å². The van der Waals surface area contributed by atoms with Crippen molar-refractivity contribution >= 4 is 5.91 Å². The number of rotatable bonds is 8. The zero-order chi connectivity index (χ0) is 25.8. The molecule has 2 N–H and O–H groups in total. The van der Waals surface area contributed by atoms with Crippen LogP contribution in [0.4, 0.5) is 4.39 Å². The van der Waals surface area contributed by atoms with Gasteiger partial charge in [0, 0.05) is 31.1 Å². The third kappa shape index (κ3) is 6.18. The van der Waals surface area contributed by atoms with Gasteiger partial charge in [0.1, 0.15) is 17.7 Å². The van der Waals surface area contributed by atoms with Crippen molar-refractivity contribution in [1.29, 1.82) is 0 Å². The predicted octanol–water partition coefficient (Wildman–Crippen LogP) is 5.49. The van der Waals surface area contributed by atoms with Gasteiger partial charge in [-0.15, -0.1) is 0 Å². The zero-order valence-corrected chi connectivity index (χ0v) is 21.4. The summed E-state index contributed by atoms with van der Waals surface area (Å²) in [5, 5.41) is 4.10. The van der Waals surface area contributed by atoms with Crippen molar-refractivity contribution in [3.63, 3.8) is 0 Å². The van der Waals surface area contributed by atoms with Crippen LogP contribution in [-0.2, 0) is 0 Å². The first kappa shape index (κ1) is 25.4. The number of aryl methyl sites for hydroxylation is 1. The number of ether oxygens (including phenoxy) is 1. The van der Waals surface area contributed by atoms with E-state index >= 15 is 0 Å². The monoisotopic (exact) mass is 506 g/mol. The lowest BCUT2D eigenvalue weighted by Gasteiger charge is -2.35. The van der Waals surface area contributed by atoms with Crippen molar-refractivity contribution in [3.8, 4) is 17.1 Å². The van der Waals surface area contributed by atoms with Gasteiger partial charge in [-0.3, -0.25) is 4.79 Å². The molecule has 0 spiro atoms. The summed E-state index contributed by atoms with van der Waals surface area (Å²) >= 11 is 0. The van der Waals surface area contributed by atoms with Gasteiger partial charge in [0.15, 0.2) is 0 Å². The van der Waals surface area contributed by atoms with Crippen molar-refractivity contribution in [2.45, 2.75) is 63.9 Å². The summed E-state index contributed by atoms with van der Waals surface area (Å²) in [4.78, 5) is 19.2. The molecule has 1 aliphatic heterocycles. The molecule has 5 rings (SSSR count). The predicted molar refractivity (Wildman–Crippen MR) is 139 cm³/mol. The molecule has 0 radical (unpaired) electrons. The second kappa shape index (κ2) is 11.4. The highest BCUT2D eigenvalue weighted by molar-refractivity contribution is 5.96. The van der Waals surface area contributed by atoms with Gasteiger partial charge in [0.05, 0.1) is 0 Å². The summed E-state index contributed by atoms with van der Waals surface area (Å²) in [6.45, 7) is 4.92. The molecule has 37 heavy (non-hydrogen) atoms. The highest BCUT2D eigenvalue weighted by Gasteiger charge is 2.29. The van der Waals surface area contributed by atoms with E-state index in [9.17, 15) is 9.18 Å². The molecule has 2 aliphatic rings. The van der Waals surface area contributed by atoms with Gasteiger partial charge in [0.25, 0.3) is 0 Å². The van der Waals surface area contributed by atoms with Gasteiger partial charge in [-0.05, 0) is 99.2 Å². The second-order valence-corrected chi connectivity index (χ2v) is 10.4. The number of carbonyl (C=O) groups excluding carboxylic acids is 1. The Morgan fingerprint density at radius 1 is 1.08 bits per heavy atom. The quantitative estimate of drug-likeness (QED) is 0.434. The highest BCUT2D eigenvalue weighted by Crippen LogP contribution is 2.42. The number of hydrogen-bond acceptors (Lipinski definition) is 6. The van der Waals surface area contributed by atoms with Crippen molar-refractivity contribution in [3.05, 3.63) is 65.3 Å². The molecule has 0 unspecified atom stereocenters. The second-order valence-electron chi connectivity index (χ2n) is 10.4. The minimum atomic E-state index is -0.411. The fourth-order valence-corrected chi connectivity index (χ4v) is 5.88. The highest BCUT2D eigenvalue weighted by atomic mass is 19.1. The normalized spacial score (nSPS) is 21.1. The van der Waals surface area contributed by atoms with Gasteiger partial charge in [-0.25, -0.2) is 4.39 Å². The molecule has 1 aliphatic carbocycles. The summed E-state index contributed by atoms with van der Waals surface area (Å²) in [5.74, 6) is 2.05. The Kier molecular flexibility index (Phi) is 7.84. The number of amides is 1. The number of piperidine rings is 1. The fourth-order valence-electron chi connectivity index (χ4n) is 5.88. The number of aromatic nitrogens is 2. The molecule has 2 heterocycles. The van der Waals surface area contributed by atoms with Crippen molar-refractivity contribution in [2.75, 3.05) is 19.6 Å². The minimum Gasteiger partial charge on any atom is -0.490 e. The lowest BCUT2D eigenvalue weighted by atomic mass is 9.75. The van der Waals surface area contributed by atoms with Crippen LogP contribution in [0.3, 0.4) is 0 Å². The van der Waals surface area contributed by atoms with Crippen molar-refractivity contribution in [1.82, 2.24) is 15.0 Å². The van der Waals surface area contributed by atoms with Crippen LogP contribution in [0.15, 0.2) is 47.0 Å². The Bertz CT molecular complexity index is 1200. The van der Waals surface area contributed by atoms with Crippen LogP contribution in [0.25, 0.3) is 11.4 Å². The molecular formula is C29H35FN4O3. The molecule has 1 amide bonds. The molecule has 1 saturated carbocycles. The van der Waals surface area contributed by atoms with Crippen LogP contribution in [0.5, 0.6) is 5.75 Å². The van der Waals surface area contributed by atoms with E-state index in [4.69, 9.17) is 15.0 Å². The fraction of sp³-hybridized carbons (Fsp3) is 0.483. The molecule has 3 aromatic rings. The largest absolute Gasteiger partial charge is 0.490 e. The number of carbonyl (C=O) groups is 1. The van der Waals surface area contributed by atoms with E-state index in [0.29, 0.717) is 23.2 Å². The number of benzene rings is 2. The Hall–Kier alpha value is -3.26. The maximum atomic E-state index is 13.1. The van der Waals surface area contributed by atoms with E-state index in [0.717, 1.165) is 75.0 Å². The lowest BCUT2D eigenvalue weighted by Crippen LogP contribution is -2.39. The van der Waals surface area contributed by atoms with Gasteiger partial charge in [-0.2, -0.15) is 4.98 Å². The number of hydrogen-bond donors (Lipinski definition) is 1. The number of halogens is 1. The average molecular weight is 507 g/mol.